The monoisotopic (exact) mass is 269 g/mol. The predicted octanol–water partition coefficient (Wildman–Crippen LogP) is 1.91. The van der Waals surface area contributed by atoms with Gasteiger partial charge in [-0.05, 0) is 12.0 Å². The first-order valence-electron chi connectivity index (χ1n) is 5.89. The Kier molecular flexibility index (Phi) is 4.19. The van der Waals surface area contributed by atoms with Crippen LogP contribution in [0.15, 0.2) is 36.7 Å². The molecule has 7 heteroatoms. The largest absolute Gasteiger partial charge is 0.367 e. The van der Waals surface area contributed by atoms with E-state index in [1.165, 1.54) is 24.5 Å². The molecule has 0 amide bonds. The van der Waals surface area contributed by atoms with Crippen molar-refractivity contribution in [1.82, 2.24) is 9.97 Å². The normalized spacial score (nSPS) is 9.75. The second-order valence-corrected chi connectivity index (χ2v) is 3.97. The Balaban J connectivity index is 1.93. The SMILES string of the molecule is N#Cc1nccnc1NCCc1ccc([N+](=O)[O-])cc1. The first-order chi connectivity index (χ1) is 9.70. The Labute approximate surface area is 115 Å². The van der Waals surface area contributed by atoms with E-state index in [1.54, 1.807) is 12.1 Å². The molecule has 7 nitrogen and oxygen atoms in total. The minimum Gasteiger partial charge on any atom is -0.367 e. The van der Waals surface area contributed by atoms with Gasteiger partial charge in [-0.15, -0.1) is 0 Å². The summed E-state index contributed by atoms with van der Waals surface area (Å²) in [6.07, 6.45) is 3.63. The van der Waals surface area contributed by atoms with Crippen molar-refractivity contribution in [2.24, 2.45) is 0 Å². The number of nitrogens with one attached hydrogen (secondary N) is 1. The lowest BCUT2D eigenvalue weighted by Crippen LogP contribution is -2.08. The number of hydrogen-bond acceptors (Lipinski definition) is 6. The van der Waals surface area contributed by atoms with Gasteiger partial charge in [0.25, 0.3) is 5.69 Å². The summed E-state index contributed by atoms with van der Waals surface area (Å²) >= 11 is 0. The van der Waals surface area contributed by atoms with Crippen molar-refractivity contribution in [3.05, 3.63) is 58.0 Å². The van der Waals surface area contributed by atoms with Crippen LogP contribution >= 0.6 is 0 Å². The molecule has 0 bridgehead atoms. The molecule has 0 unspecified atom stereocenters. The van der Waals surface area contributed by atoms with Crippen LogP contribution < -0.4 is 5.32 Å². The number of anilines is 1. The number of nitrogens with zero attached hydrogens (tertiary/aromatic N) is 4. The standard InChI is InChI=1S/C13H11N5O2/c14-9-12-13(17-8-7-15-12)16-6-5-10-1-3-11(4-2-10)18(19)20/h1-4,7-8H,5-6H2,(H,16,17). The molecule has 1 N–H and O–H groups in total. The highest BCUT2D eigenvalue weighted by atomic mass is 16.6. The average molecular weight is 269 g/mol. The lowest BCUT2D eigenvalue weighted by molar-refractivity contribution is -0.384. The molecule has 0 saturated heterocycles. The Morgan fingerprint density at radius 2 is 1.95 bits per heavy atom. The maximum absolute atomic E-state index is 10.5. The summed E-state index contributed by atoms with van der Waals surface area (Å²) in [5.74, 6) is 0.442. The lowest BCUT2D eigenvalue weighted by Gasteiger charge is -2.06. The summed E-state index contributed by atoms with van der Waals surface area (Å²) < 4.78 is 0. The van der Waals surface area contributed by atoms with Crippen molar-refractivity contribution in [2.45, 2.75) is 6.42 Å². The third-order valence-electron chi connectivity index (χ3n) is 2.66. The number of nitriles is 1. The highest BCUT2D eigenvalue weighted by Crippen LogP contribution is 2.12. The number of aromatic nitrogens is 2. The van der Waals surface area contributed by atoms with Crippen molar-refractivity contribution in [3.8, 4) is 6.07 Å². The summed E-state index contributed by atoms with van der Waals surface area (Å²) in [6.45, 7) is 0.561. The smallest absolute Gasteiger partial charge is 0.269 e. The van der Waals surface area contributed by atoms with E-state index >= 15 is 0 Å². The molecule has 2 rings (SSSR count). The van der Waals surface area contributed by atoms with Crippen LogP contribution in [0.1, 0.15) is 11.3 Å². The van der Waals surface area contributed by atoms with E-state index in [4.69, 9.17) is 5.26 Å². The minimum atomic E-state index is -0.430. The molecule has 0 atom stereocenters. The highest BCUT2D eigenvalue weighted by molar-refractivity contribution is 5.46. The van der Waals surface area contributed by atoms with Gasteiger partial charge in [-0.1, -0.05) is 12.1 Å². The fraction of sp³-hybridized carbons (Fsp3) is 0.154. The molecule has 1 heterocycles. The summed E-state index contributed by atoms with van der Waals surface area (Å²) in [6, 6.07) is 8.31. The van der Waals surface area contributed by atoms with Gasteiger partial charge in [0.05, 0.1) is 4.92 Å². The van der Waals surface area contributed by atoms with Gasteiger partial charge in [-0.25, -0.2) is 9.97 Å². The molecule has 0 fully saturated rings. The highest BCUT2D eigenvalue weighted by Gasteiger charge is 2.05. The molecule has 2 aromatic rings. The first-order valence-corrected chi connectivity index (χ1v) is 5.89. The maximum Gasteiger partial charge on any atom is 0.269 e. The number of benzene rings is 1. The van der Waals surface area contributed by atoms with E-state index in [0.717, 1.165) is 5.56 Å². The van der Waals surface area contributed by atoms with E-state index in [1.807, 2.05) is 6.07 Å². The van der Waals surface area contributed by atoms with Crippen molar-refractivity contribution in [1.29, 1.82) is 5.26 Å². The van der Waals surface area contributed by atoms with Gasteiger partial charge in [0.15, 0.2) is 11.5 Å². The van der Waals surface area contributed by atoms with E-state index < -0.39 is 4.92 Å². The molecule has 1 aromatic heterocycles. The van der Waals surface area contributed by atoms with E-state index in [-0.39, 0.29) is 11.4 Å². The van der Waals surface area contributed by atoms with Crippen molar-refractivity contribution >= 4 is 11.5 Å². The molecule has 20 heavy (non-hydrogen) atoms. The molecule has 100 valence electrons. The second-order valence-electron chi connectivity index (χ2n) is 3.97. The fourth-order valence-corrected chi connectivity index (χ4v) is 1.66. The fourth-order valence-electron chi connectivity index (χ4n) is 1.66. The zero-order valence-corrected chi connectivity index (χ0v) is 10.5. The molecular weight excluding hydrogens is 258 g/mol. The van der Waals surface area contributed by atoms with Crippen LogP contribution in [-0.2, 0) is 6.42 Å². The summed E-state index contributed by atoms with van der Waals surface area (Å²) in [7, 11) is 0. The lowest BCUT2D eigenvalue weighted by atomic mass is 10.1. The number of hydrogen-bond donors (Lipinski definition) is 1. The zero-order chi connectivity index (χ0) is 14.4. The maximum atomic E-state index is 10.5. The molecule has 0 spiro atoms. The summed E-state index contributed by atoms with van der Waals surface area (Å²) in [4.78, 5) is 18.0. The molecule has 0 aliphatic carbocycles. The minimum absolute atomic E-state index is 0.0717. The van der Waals surface area contributed by atoms with Crippen LogP contribution in [0.25, 0.3) is 0 Å². The third-order valence-corrected chi connectivity index (χ3v) is 2.66. The molecule has 0 aliphatic rings. The van der Waals surface area contributed by atoms with Gasteiger partial charge in [-0.3, -0.25) is 10.1 Å². The van der Waals surface area contributed by atoms with Crippen LogP contribution in [0, 0.1) is 21.4 Å². The number of non-ortho nitro benzene ring substituents is 1. The van der Waals surface area contributed by atoms with Crippen molar-refractivity contribution in [2.75, 3.05) is 11.9 Å². The van der Waals surface area contributed by atoms with Gasteiger partial charge in [0, 0.05) is 31.1 Å². The van der Waals surface area contributed by atoms with E-state index in [9.17, 15) is 10.1 Å². The molecular formula is C13H11N5O2. The quantitative estimate of drug-likeness (QED) is 0.656. The Bertz CT molecular complexity index is 649. The van der Waals surface area contributed by atoms with E-state index in [0.29, 0.717) is 18.8 Å². The zero-order valence-electron chi connectivity index (χ0n) is 10.5. The number of rotatable bonds is 5. The molecule has 0 aliphatic heterocycles. The van der Waals surface area contributed by atoms with Crippen LogP contribution in [-0.4, -0.2) is 21.4 Å². The van der Waals surface area contributed by atoms with Gasteiger partial charge >= 0.3 is 0 Å². The predicted molar refractivity (Wildman–Crippen MR) is 72.0 cm³/mol. The average Bonchev–Trinajstić information content (AvgIpc) is 2.48. The van der Waals surface area contributed by atoms with Crippen LogP contribution in [0.5, 0.6) is 0 Å². The van der Waals surface area contributed by atoms with E-state index in [2.05, 4.69) is 15.3 Å². The van der Waals surface area contributed by atoms with Crippen molar-refractivity contribution < 1.29 is 4.92 Å². The first kappa shape index (κ1) is 13.4. The summed E-state index contributed by atoms with van der Waals surface area (Å²) in [5.41, 5.74) is 1.28. The Morgan fingerprint density at radius 3 is 2.60 bits per heavy atom. The van der Waals surface area contributed by atoms with Gasteiger partial charge < -0.3 is 5.32 Å². The molecule has 0 radical (unpaired) electrons. The van der Waals surface area contributed by atoms with Crippen LogP contribution in [0.4, 0.5) is 11.5 Å². The Hall–Kier alpha value is -3.01. The second kappa shape index (κ2) is 6.24. The third kappa shape index (κ3) is 3.26. The Morgan fingerprint density at radius 1 is 1.25 bits per heavy atom. The number of nitro benzene ring substituents is 1. The van der Waals surface area contributed by atoms with Crippen molar-refractivity contribution in [3.63, 3.8) is 0 Å². The molecule has 1 aromatic carbocycles. The van der Waals surface area contributed by atoms with Gasteiger partial charge in [0.2, 0.25) is 0 Å². The van der Waals surface area contributed by atoms with Crippen LogP contribution in [0.2, 0.25) is 0 Å². The number of nitro groups is 1. The summed E-state index contributed by atoms with van der Waals surface area (Å²) in [5, 5.41) is 22.4. The topological polar surface area (TPSA) is 105 Å². The van der Waals surface area contributed by atoms with Crippen LogP contribution in [0.3, 0.4) is 0 Å². The van der Waals surface area contributed by atoms with Gasteiger partial charge in [-0.2, -0.15) is 5.26 Å². The molecule has 0 saturated carbocycles. The van der Waals surface area contributed by atoms with Gasteiger partial charge in [0.1, 0.15) is 6.07 Å².